The summed E-state index contributed by atoms with van der Waals surface area (Å²) in [6.45, 7) is 39.6. The molecule has 6 fully saturated rings. The lowest BCUT2D eigenvalue weighted by atomic mass is 9.67. The zero-order valence-electron chi connectivity index (χ0n) is 59.1. The predicted octanol–water partition coefficient (Wildman–Crippen LogP) is 16.2. The van der Waals surface area contributed by atoms with E-state index in [1.807, 2.05) is 75.3 Å². The van der Waals surface area contributed by atoms with Gasteiger partial charge in [0.1, 0.15) is 11.6 Å². The standard InChI is InChI=1S/C39H57BN2O4.C33H44N2O2.C6H12BO2.CH4/c1-28(43)24-39(35(44)41-36(2,3)4)25-31-22-32(42(26-29-16-11-9-12-17-29)27-30-18-13-10-14-19-30)23-33(31)34(39)20-15-21-40-45-37(5,6)38(7,8)46-40;1-6-13-30-29-19-28(18-27(29)21-33(30,20-24(2)36)31(37)34-32(3,4)5)35(22-25-14-9-7-10-15-25)23-26-16-11-8-12-17-26;1-5(2)6(3,4)9-7-8-5;/h9-14,16-19,31-34H,15,20-27H2,1-8H3,(H,41,44);6-12,14-17,27-30H,1,13,18-23H2,2-5H3,(H,34,37);1-4H3;1H4/t31-,32?,33-,34?,39?;27-,28?,29-,30?,33?;;/m11../s1. The zero-order chi connectivity index (χ0) is 67.1. The second kappa shape index (κ2) is 30.9. The molecule has 0 spiro atoms. The van der Waals surface area contributed by atoms with Crippen LogP contribution in [0.1, 0.15) is 211 Å². The molecule has 2 heterocycles. The maximum absolute atomic E-state index is 14.3. The third-order valence-corrected chi connectivity index (χ3v) is 21.9. The fourth-order valence-corrected chi connectivity index (χ4v) is 16.4. The minimum atomic E-state index is -0.682. The molecule has 4 saturated carbocycles. The van der Waals surface area contributed by atoms with E-state index in [0.29, 0.717) is 48.6 Å². The summed E-state index contributed by atoms with van der Waals surface area (Å²) < 4.78 is 23.1. The van der Waals surface area contributed by atoms with Gasteiger partial charge in [-0.1, -0.05) is 141 Å². The van der Waals surface area contributed by atoms with Crippen LogP contribution in [0.4, 0.5) is 0 Å². The van der Waals surface area contributed by atoms with Crippen molar-refractivity contribution in [3.05, 3.63) is 156 Å². The first-order valence-corrected chi connectivity index (χ1v) is 34.6. The van der Waals surface area contributed by atoms with Crippen molar-refractivity contribution < 1.29 is 37.8 Å². The maximum Gasteiger partial charge on any atom is 0.488 e. The summed E-state index contributed by atoms with van der Waals surface area (Å²) in [6, 6.07) is 43.9. The summed E-state index contributed by atoms with van der Waals surface area (Å²) in [6.07, 6.45) is 11.8. The number of hydrogen-bond donors (Lipinski definition) is 2. The molecule has 12 nitrogen and oxygen atoms in total. The summed E-state index contributed by atoms with van der Waals surface area (Å²) >= 11 is 0. The third-order valence-electron chi connectivity index (χ3n) is 21.9. The summed E-state index contributed by atoms with van der Waals surface area (Å²) in [5, 5.41) is 6.58. The molecule has 507 valence electrons. The molecule has 2 aliphatic heterocycles. The minimum absolute atomic E-state index is 0. The highest BCUT2D eigenvalue weighted by Gasteiger charge is 2.62. The van der Waals surface area contributed by atoms with Gasteiger partial charge in [0.25, 0.3) is 0 Å². The van der Waals surface area contributed by atoms with Crippen molar-refractivity contribution in [1.29, 1.82) is 0 Å². The lowest BCUT2D eigenvalue weighted by molar-refractivity contribution is -0.140. The van der Waals surface area contributed by atoms with Crippen molar-refractivity contribution in [1.82, 2.24) is 20.4 Å². The number of carbonyl (C=O) groups excluding carboxylic acids is 4. The number of nitrogens with one attached hydrogen (secondary N) is 2. The van der Waals surface area contributed by atoms with Gasteiger partial charge < -0.3 is 29.3 Å². The Kier molecular flexibility index (Phi) is 25.0. The topological polar surface area (TPSA) is 136 Å². The second-order valence-electron chi connectivity index (χ2n) is 32.4. The SMILES string of the molecule is C.C=CCC1[C@@H]2CC(N(Cc3ccccc3)Cc3ccccc3)C[C@@H]2CC1(CC(C)=O)C(=O)NC(C)(C)C.CC(=O)CC1(C(=O)NC(C)(C)C)C[C@H]2CC(N(Cc3ccccc3)Cc3ccccc3)C[C@H]2C1CCCB1OC(C)(C)C(C)(C)O1.CC1(C)O[B]OC1(C)C. The van der Waals surface area contributed by atoms with Crippen LogP contribution in [0, 0.1) is 46.3 Å². The molecule has 10 atom stereocenters. The molecule has 4 aromatic rings. The molecule has 0 bridgehead atoms. The molecule has 4 aliphatic carbocycles. The zero-order valence-corrected chi connectivity index (χ0v) is 59.1. The van der Waals surface area contributed by atoms with Crippen molar-refractivity contribution in [2.24, 2.45) is 46.3 Å². The van der Waals surface area contributed by atoms with Gasteiger partial charge in [-0.15, -0.1) is 6.58 Å². The average Bonchev–Trinajstić information content (AvgIpc) is 1.58. The molecule has 10 rings (SSSR count). The van der Waals surface area contributed by atoms with Crippen LogP contribution < -0.4 is 10.6 Å². The first-order chi connectivity index (χ1) is 43.2. The predicted molar refractivity (Wildman–Crippen MR) is 379 cm³/mol. The van der Waals surface area contributed by atoms with E-state index in [9.17, 15) is 19.2 Å². The number of ketones is 2. The summed E-state index contributed by atoms with van der Waals surface area (Å²) in [4.78, 5) is 58.9. The van der Waals surface area contributed by atoms with E-state index < -0.39 is 10.8 Å². The number of rotatable bonds is 22. The van der Waals surface area contributed by atoms with Crippen molar-refractivity contribution >= 4 is 38.2 Å². The van der Waals surface area contributed by atoms with Crippen LogP contribution in [-0.4, -0.2) is 93.5 Å². The molecule has 2 saturated heterocycles. The number of benzene rings is 4. The highest BCUT2D eigenvalue weighted by atomic mass is 16.7. The van der Waals surface area contributed by atoms with Crippen LogP contribution in [0.15, 0.2) is 134 Å². The van der Waals surface area contributed by atoms with Gasteiger partial charge in [0.2, 0.25) is 11.8 Å². The van der Waals surface area contributed by atoms with Crippen molar-refractivity contribution in [3.8, 4) is 0 Å². The fraction of sp³-hybridized carbons (Fsp3) is 0.620. The van der Waals surface area contributed by atoms with Gasteiger partial charge in [-0.2, -0.15) is 0 Å². The van der Waals surface area contributed by atoms with E-state index in [2.05, 4.69) is 176 Å². The van der Waals surface area contributed by atoms with E-state index in [0.717, 1.165) is 90.3 Å². The van der Waals surface area contributed by atoms with E-state index in [1.165, 1.54) is 29.9 Å². The Bertz CT molecular complexity index is 2960. The van der Waals surface area contributed by atoms with Crippen LogP contribution in [0.5, 0.6) is 0 Å². The van der Waals surface area contributed by atoms with Crippen LogP contribution in [0.25, 0.3) is 0 Å². The number of Topliss-reactive ketones (excluding diaryl/α,β-unsaturated/α-hetero) is 2. The first kappa shape index (κ1) is 75.2. The van der Waals surface area contributed by atoms with Crippen molar-refractivity contribution in [3.63, 3.8) is 0 Å². The van der Waals surface area contributed by atoms with Gasteiger partial charge in [0, 0.05) is 62.2 Å². The number of allylic oxidation sites excluding steroid dienone is 1. The Morgan fingerprint density at radius 1 is 0.538 bits per heavy atom. The van der Waals surface area contributed by atoms with Crippen LogP contribution >= 0.6 is 0 Å². The molecule has 2 amide bonds. The van der Waals surface area contributed by atoms with Gasteiger partial charge >= 0.3 is 14.8 Å². The van der Waals surface area contributed by atoms with Crippen LogP contribution in [-0.2, 0) is 64.0 Å². The van der Waals surface area contributed by atoms with Gasteiger partial charge in [0.05, 0.1) is 33.2 Å². The first-order valence-electron chi connectivity index (χ1n) is 34.6. The molecule has 6 unspecified atom stereocenters. The number of amides is 2. The maximum atomic E-state index is 14.3. The molecular formula is C79H117B2N4O8. The van der Waals surface area contributed by atoms with E-state index >= 15 is 0 Å². The number of fused-ring (bicyclic) bond motifs is 2. The van der Waals surface area contributed by atoms with E-state index in [-0.39, 0.29) is 83.2 Å². The summed E-state index contributed by atoms with van der Waals surface area (Å²) in [7, 11) is 1.16. The molecule has 2 N–H and O–H groups in total. The van der Waals surface area contributed by atoms with Crippen LogP contribution in [0.3, 0.4) is 0 Å². The molecule has 14 heteroatoms. The van der Waals surface area contributed by atoms with E-state index in [1.54, 1.807) is 13.8 Å². The van der Waals surface area contributed by atoms with Crippen molar-refractivity contribution in [2.75, 3.05) is 0 Å². The number of carbonyl (C=O) groups is 4. The molecule has 4 aromatic carbocycles. The molecule has 93 heavy (non-hydrogen) atoms. The summed E-state index contributed by atoms with van der Waals surface area (Å²) in [5.74, 6) is 2.25. The highest BCUT2D eigenvalue weighted by Crippen LogP contribution is 2.62. The monoisotopic (exact) mass is 1270 g/mol. The van der Waals surface area contributed by atoms with Gasteiger partial charge in [-0.25, -0.2) is 0 Å². The second-order valence-corrected chi connectivity index (χ2v) is 32.4. The normalized spacial score (nSPS) is 27.7. The Morgan fingerprint density at radius 3 is 1.17 bits per heavy atom. The molecule has 1 radical (unpaired) electrons. The fourth-order valence-electron chi connectivity index (χ4n) is 16.4. The lowest BCUT2D eigenvalue weighted by Crippen LogP contribution is -2.52. The lowest BCUT2D eigenvalue weighted by Gasteiger charge is -2.39. The van der Waals surface area contributed by atoms with Gasteiger partial charge in [0.15, 0.2) is 0 Å². The van der Waals surface area contributed by atoms with Gasteiger partial charge in [-0.05, 0) is 226 Å². The minimum Gasteiger partial charge on any atom is -0.405 e. The molecule has 0 aromatic heterocycles. The molecular weight excluding hydrogens is 1150 g/mol. The Labute approximate surface area is 563 Å². The smallest absolute Gasteiger partial charge is 0.405 e. The number of hydrogen-bond acceptors (Lipinski definition) is 10. The third kappa shape index (κ3) is 18.9. The van der Waals surface area contributed by atoms with Crippen molar-refractivity contribution in [2.45, 2.75) is 267 Å². The Morgan fingerprint density at radius 2 is 0.871 bits per heavy atom. The summed E-state index contributed by atoms with van der Waals surface area (Å²) in [5.41, 5.74) is 2.19. The Balaban J connectivity index is 0.000000233. The number of nitrogens with zero attached hydrogens (tertiary/aromatic N) is 2. The highest BCUT2D eigenvalue weighted by molar-refractivity contribution is 6.45. The largest absolute Gasteiger partial charge is 0.488 e. The average molecular weight is 1270 g/mol. The molecule has 6 aliphatic rings. The Hall–Kier alpha value is -5.21. The quantitative estimate of drug-likeness (QED) is 0.0578. The van der Waals surface area contributed by atoms with Gasteiger partial charge in [-0.3, -0.25) is 29.0 Å². The van der Waals surface area contributed by atoms with E-state index in [4.69, 9.17) is 18.6 Å². The van der Waals surface area contributed by atoms with Crippen LogP contribution in [0.2, 0.25) is 6.32 Å².